The van der Waals surface area contributed by atoms with Crippen LogP contribution >= 0.6 is 0 Å². The highest BCUT2D eigenvalue weighted by molar-refractivity contribution is 5.35. The molecule has 4 heteroatoms. The topological polar surface area (TPSA) is 34.0 Å². The Morgan fingerprint density at radius 1 is 1.30 bits per heavy atom. The number of rotatable bonds is 4. The molecule has 0 unspecified atom stereocenters. The lowest BCUT2D eigenvalue weighted by atomic mass is 10.2. The first-order chi connectivity index (χ1) is 9.47. The Bertz CT molecular complexity index is 662. The molecule has 0 aliphatic carbocycles. The highest BCUT2D eigenvalue weighted by Crippen LogP contribution is 2.12. The first kappa shape index (κ1) is 14.5. The average molecular weight is 274 g/mol. The molecule has 0 spiro atoms. The lowest BCUT2D eigenvalue weighted by Gasteiger charge is -2.14. The quantitative estimate of drug-likeness (QED) is 0.930. The van der Waals surface area contributed by atoms with Gasteiger partial charge >= 0.3 is 0 Å². The van der Waals surface area contributed by atoms with Crippen LogP contribution in [0.3, 0.4) is 0 Å². The highest BCUT2D eigenvalue weighted by atomic mass is 19.1. The molecule has 2 aromatic rings. The van der Waals surface area contributed by atoms with Gasteiger partial charge in [0.05, 0.1) is 0 Å². The Labute approximate surface area is 118 Å². The molecule has 3 nitrogen and oxygen atoms in total. The smallest absolute Gasteiger partial charge is 0.186 e. The number of aryl methyl sites for hydroxylation is 1. The maximum Gasteiger partial charge on any atom is 0.186 e. The van der Waals surface area contributed by atoms with E-state index in [0.717, 1.165) is 5.69 Å². The van der Waals surface area contributed by atoms with Gasteiger partial charge < -0.3 is 9.88 Å². The van der Waals surface area contributed by atoms with Crippen molar-refractivity contribution in [3.63, 3.8) is 0 Å². The summed E-state index contributed by atoms with van der Waals surface area (Å²) in [6, 6.07) is 8.23. The van der Waals surface area contributed by atoms with Crippen molar-refractivity contribution >= 4 is 0 Å². The fourth-order valence-electron chi connectivity index (χ4n) is 2.02. The van der Waals surface area contributed by atoms with Gasteiger partial charge in [0.2, 0.25) is 0 Å². The van der Waals surface area contributed by atoms with E-state index < -0.39 is 0 Å². The van der Waals surface area contributed by atoms with E-state index in [1.165, 1.54) is 12.1 Å². The summed E-state index contributed by atoms with van der Waals surface area (Å²) in [5, 5.41) is 3.22. The predicted octanol–water partition coefficient (Wildman–Crippen LogP) is 2.78. The molecule has 1 aromatic carbocycles. The van der Waals surface area contributed by atoms with Crippen molar-refractivity contribution in [3.05, 3.63) is 63.8 Å². The molecule has 0 saturated heterocycles. The molecule has 106 valence electrons. The van der Waals surface area contributed by atoms with Crippen LogP contribution in [0.4, 0.5) is 4.39 Å². The molecule has 20 heavy (non-hydrogen) atoms. The van der Waals surface area contributed by atoms with Crippen LogP contribution < -0.4 is 10.7 Å². The number of aromatic nitrogens is 1. The van der Waals surface area contributed by atoms with E-state index in [-0.39, 0.29) is 11.2 Å². The van der Waals surface area contributed by atoms with Crippen LogP contribution in [0.5, 0.6) is 0 Å². The van der Waals surface area contributed by atoms with Crippen molar-refractivity contribution in [2.24, 2.45) is 0 Å². The zero-order valence-corrected chi connectivity index (χ0v) is 12.0. The minimum Gasteiger partial charge on any atom is -0.320 e. The summed E-state index contributed by atoms with van der Waals surface area (Å²) < 4.78 is 15.2. The largest absolute Gasteiger partial charge is 0.320 e. The molecule has 0 saturated carbocycles. The third-order valence-corrected chi connectivity index (χ3v) is 3.11. The standard InChI is InChI=1S/C16H19FN2O/c1-11(2)18-9-13-10-19(12(3)7-16(13)20)15-6-4-5-14(17)8-15/h4-8,10-11,18H,9H2,1-3H3. The molecule has 0 fully saturated rings. The van der Waals surface area contributed by atoms with Crippen LogP contribution in [-0.2, 0) is 6.54 Å². The van der Waals surface area contributed by atoms with Crippen LogP contribution in [0.25, 0.3) is 5.69 Å². The molecule has 0 radical (unpaired) electrons. The summed E-state index contributed by atoms with van der Waals surface area (Å²) in [5.74, 6) is -0.289. The zero-order valence-electron chi connectivity index (χ0n) is 12.0. The predicted molar refractivity (Wildman–Crippen MR) is 78.7 cm³/mol. The van der Waals surface area contributed by atoms with Crippen molar-refractivity contribution < 1.29 is 4.39 Å². The highest BCUT2D eigenvalue weighted by Gasteiger charge is 2.07. The molecule has 0 bridgehead atoms. The molecule has 0 aliphatic rings. The molecule has 2 rings (SSSR count). The third kappa shape index (κ3) is 3.33. The second-order valence-corrected chi connectivity index (χ2v) is 5.19. The van der Waals surface area contributed by atoms with Gasteiger partial charge in [-0.05, 0) is 25.1 Å². The first-order valence-corrected chi connectivity index (χ1v) is 6.69. The van der Waals surface area contributed by atoms with Crippen LogP contribution in [-0.4, -0.2) is 10.6 Å². The third-order valence-electron chi connectivity index (χ3n) is 3.11. The monoisotopic (exact) mass is 274 g/mol. The Balaban J connectivity index is 2.43. The first-order valence-electron chi connectivity index (χ1n) is 6.69. The summed E-state index contributed by atoms with van der Waals surface area (Å²) >= 11 is 0. The Morgan fingerprint density at radius 3 is 2.70 bits per heavy atom. The lowest BCUT2D eigenvalue weighted by Crippen LogP contribution is -2.26. The number of halogens is 1. The van der Waals surface area contributed by atoms with Gasteiger partial charge in [-0.2, -0.15) is 0 Å². The van der Waals surface area contributed by atoms with E-state index >= 15 is 0 Å². The second kappa shape index (κ2) is 6.01. The van der Waals surface area contributed by atoms with Crippen molar-refractivity contribution in [3.8, 4) is 5.69 Å². The number of benzene rings is 1. The molecular weight excluding hydrogens is 255 g/mol. The lowest BCUT2D eigenvalue weighted by molar-refractivity contribution is 0.585. The molecule has 1 heterocycles. The number of nitrogens with zero attached hydrogens (tertiary/aromatic N) is 1. The maximum absolute atomic E-state index is 13.3. The molecule has 0 aliphatic heterocycles. The van der Waals surface area contributed by atoms with Crippen molar-refractivity contribution in [2.75, 3.05) is 0 Å². The average Bonchev–Trinajstić information content (AvgIpc) is 2.37. The number of hydrogen-bond donors (Lipinski definition) is 1. The van der Waals surface area contributed by atoms with E-state index in [1.807, 2.05) is 31.4 Å². The second-order valence-electron chi connectivity index (χ2n) is 5.19. The fraction of sp³-hybridized carbons (Fsp3) is 0.312. The van der Waals surface area contributed by atoms with Crippen LogP contribution in [0, 0.1) is 12.7 Å². The van der Waals surface area contributed by atoms with Gasteiger partial charge in [-0.3, -0.25) is 4.79 Å². The summed E-state index contributed by atoms with van der Waals surface area (Å²) in [7, 11) is 0. The molecule has 0 amide bonds. The normalized spacial score (nSPS) is 11.1. The van der Waals surface area contributed by atoms with Crippen LogP contribution in [0.2, 0.25) is 0 Å². The van der Waals surface area contributed by atoms with Gasteiger partial charge in [0, 0.05) is 41.8 Å². The van der Waals surface area contributed by atoms with Crippen LogP contribution in [0.1, 0.15) is 25.1 Å². The summed E-state index contributed by atoms with van der Waals surface area (Å²) in [4.78, 5) is 12.0. The Hall–Kier alpha value is -1.94. The SMILES string of the molecule is Cc1cc(=O)c(CNC(C)C)cn1-c1cccc(F)c1. The van der Waals surface area contributed by atoms with Gasteiger partial charge in [0.15, 0.2) is 5.43 Å². The van der Waals surface area contributed by atoms with Crippen molar-refractivity contribution in [2.45, 2.75) is 33.4 Å². The van der Waals surface area contributed by atoms with Gasteiger partial charge in [-0.25, -0.2) is 4.39 Å². The van der Waals surface area contributed by atoms with Gasteiger partial charge in [0.1, 0.15) is 5.82 Å². The Kier molecular flexibility index (Phi) is 4.35. The fourth-order valence-corrected chi connectivity index (χ4v) is 2.02. The van der Waals surface area contributed by atoms with Gasteiger partial charge in [-0.1, -0.05) is 19.9 Å². The number of hydrogen-bond acceptors (Lipinski definition) is 2. The summed E-state index contributed by atoms with van der Waals surface area (Å²) in [6.07, 6.45) is 1.78. The molecular formula is C16H19FN2O. The van der Waals surface area contributed by atoms with Gasteiger partial charge in [0.25, 0.3) is 0 Å². The minimum atomic E-state index is -0.289. The van der Waals surface area contributed by atoms with Crippen LogP contribution in [0.15, 0.2) is 41.3 Å². The van der Waals surface area contributed by atoms with Crippen molar-refractivity contribution in [1.29, 1.82) is 0 Å². The minimum absolute atomic E-state index is 0.00306. The van der Waals surface area contributed by atoms with E-state index in [9.17, 15) is 9.18 Å². The number of nitrogens with one attached hydrogen (secondary N) is 1. The molecule has 1 N–H and O–H groups in total. The van der Waals surface area contributed by atoms with Gasteiger partial charge in [-0.15, -0.1) is 0 Å². The molecule has 1 aromatic heterocycles. The van der Waals surface area contributed by atoms with E-state index in [4.69, 9.17) is 0 Å². The maximum atomic E-state index is 13.3. The zero-order chi connectivity index (χ0) is 14.7. The van der Waals surface area contributed by atoms with E-state index in [0.29, 0.717) is 23.8 Å². The molecule has 0 atom stereocenters. The Morgan fingerprint density at radius 2 is 2.05 bits per heavy atom. The number of pyridine rings is 1. The van der Waals surface area contributed by atoms with E-state index in [2.05, 4.69) is 5.32 Å². The van der Waals surface area contributed by atoms with E-state index in [1.54, 1.807) is 18.3 Å². The summed E-state index contributed by atoms with van der Waals surface area (Å²) in [5.41, 5.74) is 2.18. The van der Waals surface area contributed by atoms with Crippen molar-refractivity contribution in [1.82, 2.24) is 9.88 Å². The summed E-state index contributed by atoms with van der Waals surface area (Å²) in [6.45, 7) is 6.40.